The molecular formula is C14H14O3. The lowest BCUT2D eigenvalue weighted by Gasteiger charge is -1.97. The van der Waals surface area contributed by atoms with Crippen LogP contribution in [0.4, 0.5) is 0 Å². The molecule has 0 aliphatic rings. The number of hydrogen-bond acceptors (Lipinski definition) is 3. The molecule has 0 aromatic heterocycles. The van der Waals surface area contributed by atoms with Crippen LogP contribution in [0, 0.1) is 11.8 Å². The molecule has 0 aliphatic carbocycles. The van der Waals surface area contributed by atoms with Crippen LogP contribution < -0.4 is 4.74 Å². The van der Waals surface area contributed by atoms with Crippen molar-refractivity contribution in [2.75, 3.05) is 13.7 Å². The van der Waals surface area contributed by atoms with Gasteiger partial charge in [-0.15, -0.1) is 0 Å². The monoisotopic (exact) mass is 230 g/mol. The molecule has 1 rings (SSSR count). The normalized spacial score (nSPS) is 9.53. The summed E-state index contributed by atoms with van der Waals surface area (Å²) in [6, 6.07) is 7.14. The zero-order valence-electron chi connectivity index (χ0n) is 9.90. The van der Waals surface area contributed by atoms with Gasteiger partial charge in [0.2, 0.25) is 0 Å². The van der Waals surface area contributed by atoms with Crippen molar-refractivity contribution in [2.24, 2.45) is 0 Å². The van der Waals surface area contributed by atoms with Crippen LogP contribution in [-0.4, -0.2) is 19.7 Å². The Bertz CT molecular complexity index is 447. The van der Waals surface area contributed by atoms with E-state index in [1.54, 1.807) is 37.5 Å². The van der Waals surface area contributed by atoms with Crippen molar-refractivity contribution >= 4 is 5.97 Å². The predicted molar refractivity (Wildman–Crippen MR) is 65.6 cm³/mol. The Morgan fingerprint density at radius 1 is 1.35 bits per heavy atom. The lowest BCUT2D eigenvalue weighted by Crippen LogP contribution is -2.00. The van der Waals surface area contributed by atoms with E-state index in [-0.39, 0.29) is 6.61 Å². The van der Waals surface area contributed by atoms with E-state index in [0.29, 0.717) is 0 Å². The molecule has 3 nitrogen and oxygen atoms in total. The summed E-state index contributed by atoms with van der Waals surface area (Å²) in [5.74, 6) is 5.35. The highest BCUT2D eigenvalue weighted by Crippen LogP contribution is 2.09. The highest BCUT2D eigenvalue weighted by atomic mass is 16.5. The van der Waals surface area contributed by atoms with Gasteiger partial charge in [-0.1, -0.05) is 18.1 Å². The van der Waals surface area contributed by atoms with Crippen LogP contribution in [0.1, 0.15) is 12.5 Å². The fraction of sp³-hybridized carbons (Fsp3) is 0.214. The van der Waals surface area contributed by atoms with E-state index < -0.39 is 5.97 Å². The molecule has 0 radical (unpaired) electrons. The van der Waals surface area contributed by atoms with Crippen LogP contribution >= 0.6 is 0 Å². The van der Waals surface area contributed by atoms with Crippen molar-refractivity contribution < 1.29 is 14.3 Å². The molecule has 0 atom stereocenters. The standard InChI is InChI=1S/C14H14O3/c1-3-4-11-17-14(15)10-7-12-5-8-13(16-2)9-6-12/h3-6,8-9H,11H2,1-2H3/b4-3+. The number of hydrogen-bond donors (Lipinski definition) is 0. The summed E-state index contributed by atoms with van der Waals surface area (Å²) in [6.07, 6.45) is 3.55. The molecule has 0 fully saturated rings. The zero-order chi connectivity index (χ0) is 12.5. The van der Waals surface area contributed by atoms with E-state index in [1.165, 1.54) is 0 Å². The molecule has 0 bridgehead atoms. The maximum Gasteiger partial charge on any atom is 0.385 e. The largest absolute Gasteiger partial charge is 0.497 e. The van der Waals surface area contributed by atoms with E-state index in [9.17, 15) is 4.79 Å². The Morgan fingerprint density at radius 2 is 2.06 bits per heavy atom. The van der Waals surface area contributed by atoms with Gasteiger partial charge in [0.1, 0.15) is 12.4 Å². The average Bonchev–Trinajstić information content (AvgIpc) is 2.37. The fourth-order valence-electron chi connectivity index (χ4n) is 1.05. The van der Waals surface area contributed by atoms with E-state index in [0.717, 1.165) is 11.3 Å². The third kappa shape index (κ3) is 4.89. The van der Waals surface area contributed by atoms with Crippen molar-refractivity contribution in [2.45, 2.75) is 6.92 Å². The fourth-order valence-corrected chi connectivity index (χ4v) is 1.05. The summed E-state index contributed by atoms with van der Waals surface area (Å²) < 4.78 is 9.84. The number of ether oxygens (including phenoxy) is 2. The first-order valence-electron chi connectivity index (χ1n) is 5.20. The topological polar surface area (TPSA) is 35.5 Å². The summed E-state index contributed by atoms with van der Waals surface area (Å²) >= 11 is 0. The minimum atomic E-state index is -0.529. The van der Waals surface area contributed by atoms with Crippen molar-refractivity contribution in [3.63, 3.8) is 0 Å². The number of rotatable bonds is 3. The van der Waals surface area contributed by atoms with Crippen LogP contribution in [0.5, 0.6) is 5.75 Å². The third-order valence-corrected chi connectivity index (χ3v) is 1.95. The lowest BCUT2D eigenvalue weighted by molar-refractivity contribution is -0.135. The second-order valence-corrected chi connectivity index (χ2v) is 3.15. The maximum absolute atomic E-state index is 11.2. The summed E-state index contributed by atoms with van der Waals surface area (Å²) in [5, 5.41) is 0. The molecule has 0 saturated carbocycles. The van der Waals surface area contributed by atoms with Gasteiger partial charge in [-0.2, -0.15) is 0 Å². The second kappa shape index (κ2) is 7.13. The molecule has 0 spiro atoms. The Morgan fingerprint density at radius 3 is 2.65 bits per heavy atom. The molecule has 1 aromatic rings. The lowest BCUT2D eigenvalue weighted by atomic mass is 10.2. The molecule has 0 amide bonds. The minimum absolute atomic E-state index is 0.257. The smallest absolute Gasteiger partial charge is 0.385 e. The molecule has 0 unspecified atom stereocenters. The van der Waals surface area contributed by atoms with Gasteiger partial charge in [0.05, 0.1) is 7.11 Å². The van der Waals surface area contributed by atoms with Gasteiger partial charge < -0.3 is 9.47 Å². The van der Waals surface area contributed by atoms with Crippen LogP contribution in [0.25, 0.3) is 0 Å². The first kappa shape index (κ1) is 12.9. The Hall–Kier alpha value is -2.21. The first-order valence-corrected chi connectivity index (χ1v) is 5.20. The van der Waals surface area contributed by atoms with Gasteiger partial charge >= 0.3 is 5.97 Å². The number of benzene rings is 1. The maximum atomic E-state index is 11.2. The molecule has 0 aliphatic heterocycles. The van der Waals surface area contributed by atoms with Crippen LogP contribution in [-0.2, 0) is 9.53 Å². The highest BCUT2D eigenvalue weighted by molar-refractivity contribution is 5.89. The minimum Gasteiger partial charge on any atom is -0.497 e. The predicted octanol–water partition coefficient (Wildman–Crippen LogP) is 2.17. The van der Waals surface area contributed by atoms with E-state index in [4.69, 9.17) is 9.47 Å². The van der Waals surface area contributed by atoms with Gasteiger partial charge in [-0.3, -0.25) is 0 Å². The summed E-state index contributed by atoms with van der Waals surface area (Å²) in [4.78, 5) is 11.2. The highest BCUT2D eigenvalue weighted by Gasteiger charge is 1.94. The Kier molecular flexibility index (Phi) is 5.39. The molecule has 3 heteroatoms. The third-order valence-electron chi connectivity index (χ3n) is 1.95. The van der Waals surface area contributed by atoms with E-state index >= 15 is 0 Å². The number of methoxy groups -OCH3 is 1. The quantitative estimate of drug-likeness (QED) is 0.453. The van der Waals surface area contributed by atoms with Crippen molar-refractivity contribution in [1.82, 2.24) is 0 Å². The number of esters is 1. The van der Waals surface area contributed by atoms with Crippen LogP contribution in [0.15, 0.2) is 36.4 Å². The van der Waals surface area contributed by atoms with Gasteiger partial charge in [0, 0.05) is 11.5 Å². The molecular weight excluding hydrogens is 216 g/mol. The van der Waals surface area contributed by atoms with Gasteiger partial charge in [-0.05, 0) is 31.2 Å². The zero-order valence-corrected chi connectivity index (χ0v) is 9.90. The number of carbonyl (C=O) groups excluding carboxylic acids is 1. The second-order valence-electron chi connectivity index (χ2n) is 3.15. The molecule has 88 valence electrons. The van der Waals surface area contributed by atoms with Crippen molar-refractivity contribution in [3.05, 3.63) is 42.0 Å². The van der Waals surface area contributed by atoms with E-state index in [1.807, 2.05) is 13.0 Å². The van der Waals surface area contributed by atoms with Crippen molar-refractivity contribution in [3.8, 4) is 17.6 Å². The molecule has 17 heavy (non-hydrogen) atoms. The van der Waals surface area contributed by atoms with Crippen LogP contribution in [0.2, 0.25) is 0 Å². The summed E-state index contributed by atoms with van der Waals surface area (Å²) in [6.45, 7) is 2.11. The van der Waals surface area contributed by atoms with Crippen LogP contribution in [0.3, 0.4) is 0 Å². The molecule has 0 N–H and O–H groups in total. The SMILES string of the molecule is C/C=C/COC(=O)C#Cc1ccc(OC)cc1. The Balaban J connectivity index is 2.55. The molecule has 1 aromatic carbocycles. The Labute approximate surface area is 101 Å². The summed E-state index contributed by atoms with van der Waals surface area (Å²) in [7, 11) is 1.60. The van der Waals surface area contributed by atoms with Gasteiger partial charge in [-0.25, -0.2) is 4.79 Å². The average molecular weight is 230 g/mol. The van der Waals surface area contributed by atoms with Gasteiger partial charge in [0.25, 0.3) is 0 Å². The number of carbonyl (C=O) groups is 1. The molecule has 0 heterocycles. The van der Waals surface area contributed by atoms with Gasteiger partial charge in [0.15, 0.2) is 0 Å². The molecule has 0 saturated heterocycles. The summed E-state index contributed by atoms with van der Waals surface area (Å²) in [5.41, 5.74) is 0.744. The number of allylic oxidation sites excluding steroid dienone is 1. The first-order chi connectivity index (χ1) is 8.26. The van der Waals surface area contributed by atoms with E-state index in [2.05, 4.69) is 11.8 Å². The van der Waals surface area contributed by atoms with Crippen molar-refractivity contribution in [1.29, 1.82) is 0 Å².